The largest absolute Gasteiger partial charge is 0.460 e. The molecule has 1 aromatic carbocycles. The fourth-order valence-corrected chi connectivity index (χ4v) is 2.64. The molecule has 0 spiro atoms. The first-order chi connectivity index (χ1) is 10.5. The zero-order valence-corrected chi connectivity index (χ0v) is 12.5. The molecule has 1 aliphatic heterocycles. The second-order valence-corrected chi connectivity index (χ2v) is 5.34. The molecule has 0 bridgehead atoms. The number of aliphatic hydroxyl groups excluding tert-OH is 1. The maximum absolute atomic E-state index is 12.1. The van der Waals surface area contributed by atoms with Gasteiger partial charge in [0, 0.05) is 17.1 Å². The quantitative estimate of drug-likeness (QED) is 0.842. The summed E-state index contributed by atoms with van der Waals surface area (Å²) in [6.45, 7) is 1.52. The Morgan fingerprint density at radius 1 is 1.32 bits per heavy atom. The number of fused-ring (bicyclic) bond motifs is 1. The summed E-state index contributed by atoms with van der Waals surface area (Å²) in [6.07, 6.45) is 1.21. The van der Waals surface area contributed by atoms with E-state index in [0.717, 1.165) is 16.0 Å². The monoisotopic (exact) mass is 320 g/mol. The van der Waals surface area contributed by atoms with Gasteiger partial charge >= 0.3 is 0 Å². The molecule has 0 unspecified atom stereocenters. The average molecular weight is 321 g/mol. The van der Waals surface area contributed by atoms with Gasteiger partial charge in [-0.05, 0) is 25.1 Å². The Labute approximate surface area is 130 Å². The molecule has 2 aromatic rings. The van der Waals surface area contributed by atoms with E-state index in [-0.39, 0.29) is 18.8 Å². The van der Waals surface area contributed by atoms with Crippen molar-refractivity contribution in [3.8, 4) is 0 Å². The Balaban J connectivity index is 1.89. The zero-order chi connectivity index (χ0) is 15.9. The molecule has 1 aromatic heterocycles. The van der Waals surface area contributed by atoms with Crippen LogP contribution in [0.5, 0.6) is 0 Å². The smallest absolute Gasteiger partial charge is 0.277 e. The summed E-state index contributed by atoms with van der Waals surface area (Å²) < 4.78 is 5.48. The third-order valence-electron chi connectivity index (χ3n) is 3.31. The van der Waals surface area contributed by atoms with Crippen LogP contribution in [0, 0.1) is 6.92 Å². The summed E-state index contributed by atoms with van der Waals surface area (Å²) in [5.74, 6) is -0.193. The van der Waals surface area contributed by atoms with Gasteiger partial charge in [0.15, 0.2) is 5.58 Å². The molecule has 0 saturated carbocycles. The number of nitrogens with one attached hydrogen (secondary N) is 1. The number of carbonyl (C=O) groups excluding carboxylic acids is 2. The summed E-state index contributed by atoms with van der Waals surface area (Å²) in [5, 5.41) is 13.0. The van der Waals surface area contributed by atoms with Crippen LogP contribution < -0.4 is 5.32 Å². The van der Waals surface area contributed by atoms with Crippen molar-refractivity contribution >= 4 is 40.1 Å². The van der Waals surface area contributed by atoms with Crippen molar-refractivity contribution in [2.24, 2.45) is 0 Å². The van der Waals surface area contributed by atoms with Crippen molar-refractivity contribution in [1.82, 2.24) is 4.90 Å². The van der Waals surface area contributed by atoms with Crippen molar-refractivity contribution in [3.63, 3.8) is 0 Å². The molecule has 0 fully saturated rings. The van der Waals surface area contributed by atoms with Crippen LogP contribution in [0.15, 0.2) is 34.4 Å². The van der Waals surface area contributed by atoms with Gasteiger partial charge in [-0.1, -0.05) is 11.6 Å². The van der Waals surface area contributed by atoms with E-state index >= 15 is 0 Å². The van der Waals surface area contributed by atoms with E-state index in [0.29, 0.717) is 16.3 Å². The molecule has 7 heteroatoms. The number of nitrogens with zero attached hydrogens (tertiary/aromatic N) is 1. The maximum Gasteiger partial charge on any atom is 0.277 e. The highest BCUT2D eigenvalue weighted by atomic mass is 35.5. The third kappa shape index (κ3) is 2.47. The second-order valence-electron chi connectivity index (χ2n) is 4.94. The molecule has 1 aliphatic rings. The van der Waals surface area contributed by atoms with Crippen molar-refractivity contribution < 1.29 is 19.1 Å². The Bertz CT molecular complexity index is 809. The highest BCUT2D eigenvalue weighted by Crippen LogP contribution is 2.31. The number of anilines is 1. The number of amides is 2. The summed E-state index contributed by atoms with van der Waals surface area (Å²) in [5.41, 5.74) is 1.31. The lowest BCUT2D eigenvalue weighted by Crippen LogP contribution is -2.34. The number of aryl methyl sites for hydroxylation is 1. The van der Waals surface area contributed by atoms with E-state index in [1.807, 2.05) is 13.0 Å². The minimum atomic E-state index is -0.473. The van der Waals surface area contributed by atoms with Crippen molar-refractivity contribution in [3.05, 3.63) is 40.8 Å². The Kier molecular flexibility index (Phi) is 3.64. The van der Waals surface area contributed by atoms with E-state index in [1.54, 1.807) is 12.1 Å². The van der Waals surface area contributed by atoms with Gasteiger partial charge in [-0.3, -0.25) is 14.5 Å². The van der Waals surface area contributed by atoms with Gasteiger partial charge in [0.25, 0.3) is 11.8 Å². The van der Waals surface area contributed by atoms with Gasteiger partial charge in [-0.15, -0.1) is 0 Å². The van der Waals surface area contributed by atoms with Crippen LogP contribution in [0.3, 0.4) is 0 Å². The average Bonchev–Trinajstić information content (AvgIpc) is 2.94. The highest BCUT2D eigenvalue weighted by molar-refractivity contribution is 6.35. The SMILES string of the molecule is Cc1cc2cc(NC3=CC(=O)N(CCO)C3=O)cc(Cl)c2o1. The third-order valence-corrected chi connectivity index (χ3v) is 3.59. The number of aliphatic hydroxyl groups is 1. The molecule has 3 rings (SSSR count). The Morgan fingerprint density at radius 3 is 2.82 bits per heavy atom. The molecule has 2 heterocycles. The molecule has 0 aliphatic carbocycles. The summed E-state index contributed by atoms with van der Waals surface area (Å²) in [6, 6.07) is 5.24. The van der Waals surface area contributed by atoms with Crippen LogP contribution >= 0.6 is 11.6 Å². The topological polar surface area (TPSA) is 82.8 Å². The van der Waals surface area contributed by atoms with E-state index in [2.05, 4.69) is 5.32 Å². The van der Waals surface area contributed by atoms with Gasteiger partial charge in [-0.2, -0.15) is 0 Å². The van der Waals surface area contributed by atoms with Gasteiger partial charge in [-0.25, -0.2) is 0 Å². The second kappa shape index (κ2) is 5.47. The number of halogens is 1. The zero-order valence-electron chi connectivity index (χ0n) is 11.7. The van der Waals surface area contributed by atoms with Gasteiger partial charge in [0.05, 0.1) is 18.2 Å². The maximum atomic E-state index is 12.1. The lowest BCUT2D eigenvalue weighted by Gasteiger charge is -2.13. The molecule has 22 heavy (non-hydrogen) atoms. The summed E-state index contributed by atoms with van der Waals surface area (Å²) in [4.78, 5) is 24.7. The first-order valence-corrected chi connectivity index (χ1v) is 7.02. The number of rotatable bonds is 4. The molecular weight excluding hydrogens is 308 g/mol. The first kappa shape index (κ1) is 14.6. The molecule has 2 N–H and O–H groups in total. The Hall–Kier alpha value is -2.31. The van der Waals surface area contributed by atoms with Crippen LogP contribution in [0.4, 0.5) is 5.69 Å². The van der Waals surface area contributed by atoms with Gasteiger partial charge < -0.3 is 14.8 Å². The van der Waals surface area contributed by atoms with E-state index in [1.165, 1.54) is 6.08 Å². The molecule has 0 radical (unpaired) electrons. The van der Waals surface area contributed by atoms with Crippen molar-refractivity contribution in [1.29, 1.82) is 0 Å². The van der Waals surface area contributed by atoms with Crippen LogP contribution in [0.2, 0.25) is 5.02 Å². The summed E-state index contributed by atoms with van der Waals surface area (Å²) >= 11 is 6.16. The molecule has 0 saturated heterocycles. The number of imide groups is 1. The minimum Gasteiger partial charge on any atom is -0.460 e. The predicted molar refractivity (Wildman–Crippen MR) is 81.5 cm³/mol. The molecule has 114 valence electrons. The number of β-amino-alcohol motifs (C(OH)–C–C–N with tert-alkyl or cyclic N) is 1. The molecule has 6 nitrogen and oxygen atoms in total. The van der Waals surface area contributed by atoms with E-state index < -0.39 is 11.8 Å². The number of carbonyl (C=O) groups is 2. The fraction of sp³-hybridized carbons (Fsp3) is 0.200. The highest BCUT2D eigenvalue weighted by Gasteiger charge is 2.30. The van der Waals surface area contributed by atoms with Crippen LogP contribution in [-0.2, 0) is 9.59 Å². The lowest BCUT2D eigenvalue weighted by molar-refractivity contribution is -0.137. The van der Waals surface area contributed by atoms with Crippen molar-refractivity contribution in [2.45, 2.75) is 6.92 Å². The van der Waals surface area contributed by atoms with Gasteiger partial charge in [0.1, 0.15) is 11.5 Å². The van der Waals surface area contributed by atoms with Crippen LogP contribution in [-0.4, -0.2) is 35.0 Å². The predicted octanol–water partition coefficient (Wildman–Crippen LogP) is 2.05. The summed E-state index contributed by atoms with van der Waals surface area (Å²) in [7, 11) is 0. The van der Waals surface area contributed by atoms with Gasteiger partial charge in [0.2, 0.25) is 0 Å². The molecule has 2 amide bonds. The number of benzene rings is 1. The first-order valence-electron chi connectivity index (χ1n) is 6.64. The van der Waals surface area contributed by atoms with Crippen molar-refractivity contribution in [2.75, 3.05) is 18.5 Å². The molecular formula is C15H13ClN2O4. The van der Waals surface area contributed by atoms with E-state index in [9.17, 15) is 9.59 Å². The number of furan rings is 1. The van der Waals surface area contributed by atoms with Crippen LogP contribution in [0.1, 0.15) is 5.76 Å². The minimum absolute atomic E-state index is 0.0277. The normalized spacial score (nSPS) is 14.9. The van der Waals surface area contributed by atoms with Crippen LogP contribution in [0.25, 0.3) is 11.0 Å². The number of hydrogen-bond donors (Lipinski definition) is 2. The lowest BCUT2D eigenvalue weighted by atomic mass is 10.2. The molecule has 0 atom stereocenters. The van der Waals surface area contributed by atoms with E-state index in [4.69, 9.17) is 21.1 Å². The standard InChI is InChI=1S/C15H13ClN2O4/c1-8-4-9-5-10(6-11(16)14(9)22-8)17-12-7-13(20)18(2-3-19)15(12)21/h4-7,17,19H,2-3H2,1H3. The Morgan fingerprint density at radius 2 is 2.09 bits per heavy atom. The fourth-order valence-electron chi connectivity index (χ4n) is 2.38. The number of hydrogen-bond acceptors (Lipinski definition) is 5.